The van der Waals surface area contributed by atoms with Gasteiger partial charge in [-0.15, -0.1) is 11.3 Å². The molecular weight excluding hydrogens is 596 g/mol. The minimum absolute atomic E-state index is 0.0332. The highest BCUT2D eigenvalue weighted by Crippen LogP contribution is 2.38. The van der Waals surface area contributed by atoms with Crippen molar-refractivity contribution in [3.63, 3.8) is 0 Å². The molecule has 9 heteroatoms. The van der Waals surface area contributed by atoms with Crippen LogP contribution in [-0.4, -0.2) is 37.8 Å². The molecule has 39 heavy (non-hydrogen) atoms. The summed E-state index contributed by atoms with van der Waals surface area (Å²) < 4.78 is 33.7. The summed E-state index contributed by atoms with van der Waals surface area (Å²) in [7, 11) is -3.34. The minimum Gasteiger partial charge on any atom is -0.457 e. The van der Waals surface area contributed by atoms with Crippen LogP contribution in [-0.2, 0) is 27.1 Å². The van der Waals surface area contributed by atoms with Gasteiger partial charge in [0.05, 0.1) is 5.75 Å². The third-order valence-electron chi connectivity index (χ3n) is 6.64. The lowest BCUT2D eigenvalue weighted by Crippen LogP contribution is -2.42. The maximum absolute atomic E-state index is 12.9. The molecule has 1 aromatic heterocycles. The number of sulfonamides is 1. The van der Waals surface area contributed by atoms with Gasteiger partial charge in [0.1, 0.15) is 11.5 Å². The summed E-state index contributed by atoms with van der Waals surface area (Å²) in [4.78, 5) is 14.1. The van der Waals surface area contributed by atoms with Gasteiger partial charge in [-0.25, -0.2) is 17.5 Å². The van der Waals surface area contributed by atoms with E-state index in [2.05, 4.69) is 27.3 Å². The average molecular weight is 626 g/mol. The van der Waals surface area contributed by atoms with Gasteiger partial charge in [-0.1, -0.05) is 72.8 Å². The molecule has 1 aliphatic rings. The predicted octanol–water partition coefficient (Wildman–Crippen LogP) is 6.94. The van der Waals surface area contributed by atoms with Crippen molar-refractivity contribution in [2.75, 3.05) is 18.4 Å². The summed E-state index contributed by atoms with van der Waals surface area (Å²) in [5.74, 6) is -0.315. The van der Waals surface area contributed by atoms with Crippen LogP contribution in [0.4, 0.5) is 5.69 Å². The highest BCUT2D eigenvalue weighted by atomic mass is 79.9. The molecule has 4 aromatic rings. The van der Waals surface area contributed by atoms with E-state index in [0.717, 1.165) is 44.6 Å². The molecule has 1 aliphatic heterocycles. The van der Waals surface area contributed by atoms with E-state index >= 15 is 0 Å². The van der Waals surface area contributed by atoms with E-state index in [1.54, 1.807) is 10.4 Å². The first-order valence-electron chi connectivity index (χ1n) is 12.8. The van der Waals surface area contributed by atoms with Gasteiger partial charge in [0, 0.05) is 34.2 Å². The number of rotatable bonds is 9. The Labute approximate surface area is 241 Å². The second kappa shape index (κ2) is 12.5. The topological polar surface area (TPSA) is 75.7 Å². The Balaban J connectivity index is 1.18. The van der Waals surface area contributed by atoms with Crippen LogP contribution in [0, 0.1) is 0 Å². The van der Waals surface area contributed by atoms with Gasteiger partial charge in [-0.3, -0.25) is 0 Å². The smallest absolute Gasteiger partial charge is 0.348 e. The molecule has 1 fully saturated rings. The second-order valence-electron chi connectivity index (χ2n) is 9.49. The number of piperidine rings is 1. The molecule has 0 aliphatic carbocycles. The fourth-order valence-electron chi connectivity index (χ4n) is 4.60. The van der Waals surface area contributed by atoms with Crippen LogP contribution in [0.1, 0.15) is 33.6 Å². The van der Waals surface area contributed by atoms with Crippen molar-refractivity contribution >= 4 is 48.9 Å². The van der Waals surface area contributed by atoms with Crippen molar-refractivity contribution in [1.82, 2.24) is 4.31 Å². The Kier molecular flexibility index (Phi) is 8.82. The number of hydrogen-bond donors (Lipinski definition) is 1. The minimum atomic E-state index is -3.34. The molecule has 0 amide bonds. The highest BCUT2D eigenvalue weighted by molar-refractivity contribution is 9.10. The Bertz CT molecular complexity index is 1520. The Hall–Kier alpha value is -2.98. The molecule has 0 saturated carbocycles. The number of carbonyl (C=O) groups is 1. The second-order valence-corrected chi connectivity index (χ2v) is 13.4. The zero-order valence-electron chi connectivity index (χ0n) is 21.3. The average Bonchev–Trinajstić information content (AvgIpc) is 3.35. The van der Waals surface area contributed by atoms with Crippen molar-refractivity contribution in [2.24, 2.45) is 0 Å². The van der Waals surface area contributed by atoms with E-state index in [0.29, 0.717) is 18.0 Å². The van der Waals surface area contributed by atoms with Gasteiger partial charge in [0.15, 0.2) is 0 Å². The van der Waals surface area contributed by atoms with Gasteiger partial charge >= 0.3 is 5.97 Å². The van der Waals surface area contributed by atoms with Crippen molar-refractivity contribution in [3.05, 3.63) is 111 Å². The van der Waals surface area contributed by atoms with E-state index in [-0.39, 0.29) is 24.4 Å². The van der Waals surface area contributed by atoms with Crippen molar-refractivity contribution in [1.29, 1.82) is 0 Å². The van der Waals surface area contributed by atoms with E-state index in [9.17, 15) is 13.2 Å². The summed E-state index contributed by atoms with van der Waals surface area (Å²) in [5.41, 5.74) is 3.70. The van der Waals surface area contributed by atoms with Gasteiger partial charge in [-0.2, -0.15) is 0 Å². The summed E-state index contributed by atoms with van der Waals surface area (Å²) in [5, 5.41) is 3.58. The van der Waals surface area contributed by atoms with Crippen LogP contribution in [0.15, 0.2) is 95.5 Å². The number of benzene rings is 3. The van der Waals surface area contributed by atoms with Crippen LogP contribution < -0.4 is 5.32 Å². The summed E-state index contributed by atoms with van der Waals surface area (Å²) >= 11 is 5.00. The Morgan fingerprint density at radius 1 is 0.923 bits per heavy atom. The number of halogens is 1. The fourth-order valence-corrected chi connectivity index (χ4v) is 7.96. The lowest BCUT2D eigenvalue weighted by Gasteiger charge is -2.32. The number of nitrogens with one attached hydrogen (secondary N) is 1. The molecule has 202 valence electrons. The monoisotopic (exact) mass is 624 g/mol. The Morgan fingerprint density at radius 3 is 2.28 bits per heavy atom. The molecule has 0 unspecified atom stereocenters. The molecule has 2 heterocycles. The number of nitrogens with zero attached hydrogens (tertiary/aromatic N) is 1. The zero-order chi connectivity index (χ0) is 27.2. The van der Waals surface area contributed by atoms with Crippen molar-refractivity contribution in [3.8, 4) is 10.4 Å². The summed E-state index contributed by atoms with van der Waals surface area (Å²) in [6, 6.07) is 29.0. The third kappa shape index (κ3) is 7.16. The lowest BCUT2D eigenvalue weighted by atomic mass is 10.1. The van der Waals surface area contributed by atoms with Crippen LogP contribution in [0.5, 0.6) is 0 Å². The quantitative estimate of drug-likeness (QED) is 0.204. The SMILES string of the molecule is O=C(OCc1ccccc1)c1cc(Br)c(-c2cccc(NC3CCN(S(=O)(=O)Cc4ccccc4)CC3)c2)s1. The first-order valence-corrected chi connectivity index (χ1v) is 16.0. The first kappa shape index (κ1) is 27.6. The van der Waals surface area contributed by atoms with E-state index in [1.807, 2.05) is 78.9 Å². The van der Waals surface area contributed by atoms with E-state index in [4.69, 9.17) is 4.74 Å². The van der Waals surface area contributed by atoms with Crippen LogP contribution in [0.3, 0.4) is 0 Å². The lowest BCUT2D eigenvalue weighted by molar-refractivity contribution is 0.0478. The van der Waals surface area contributed by atoms with Crippen LogP contribution in [0.25, 0.3) is 10.4 Å². The van der Waals surface area contributed by atoms with Gasteiger partial charge in [0.2, 0.25) is 10.0 Å². The maximum atomic E-state index is 12.9. The predicted molar refractivity (Wildman–Crippen MR) is 160 cm³/mol. The van der Waals surface area contributed by atoms with Crippen molar-refractivity contribution < 1.29 is 17.9 Å². The number of ether oxygens (including phenoxy) is 1. The van der Waals surface area contributed by atoms with Crippen LogP contribution >= 0.6 is 27.3 Å². The number of carbonyl (C=O) groups excluding carboxylic acids is 1. The molecule has 5 rings (SSSR count). The van der Waals surface area contributed by atoms with E-state index in [1.165, 1.54) is 11.3 Å². The normalized spacial score (nSPS) is 14.7. The molecule has 0 spiro atoms. The third-order valence-corrected chi connectivity index (χ3v) is 10.5. The first-order chi connectivity index (χ1) is 18.9. The van der Waals surface area contributed by atoms with Crippen LogP contribution in [0.2, 0.25) is 0 Å². The summed E-state index contributed by atoms with van der Waals surface area (Å²) in [6.07, 6.45) is 1.47. The van der Waals surface area contributed by atoms with Gasteiger partial charge in [0.25, 0.3) is 0 Å². The molecule has 1 N–H and O–H groups in total. The summed E-state index contributed by atoms with van der Waals surface area (Å²) in [6.45, 7) is 1.23. The molecular formula is C30H29BrN2O4S2. The molecule has 0 bridgehead atoms. The van der Waals surface area contributed by atoms with Gasteiger partial charge < -0.3 is 10.1 Å². The number of anilines is 1. The van der Waals surface area contributed by atoms with E-state index < -0.39 is 10.0 Å². The zero-order valence-corrected chi connectivity index (χ0v) is 24.5. The Morgan fingerprint density at radius 2 is 1.59 bits per heavy atom. The van der Waals surface area contributed by atoms with Crippen molar-refractivity contribution in [2.45, 2.75) is 31.2 Å². The molecule has 1 saturated heterocycles. The molecule has 0 radical (unpaired) electrons. The standard InChI is InChI=1S/C30H29BrN2O4S2/c31-27-19-28(30(34)37-20-22-8-3-1-4-9-22)38-29(27)24-12-7-13-26(18-24)32-25-14-16-33(17-15-25)39(35,36)21-23-10-5-2-6-11-23/h1-13,18-19,25,32H,14-17,20-21H2. The number of hydrogen-bond acceptors (Lipinski definition) is 6. The number of thiophene rings is 1. The molecule has 6 nitrogen and oxygen atoms in total. The molecule has 0 atom stereocenters. The fraction of sp³-hybridized carbons (Fsp3) is 0.233. The number of esters is 1. The molecule has 3 aromatic carbocycles. The van der Waals surface area contributed by atoms with Gasteiger partial charge in [-0.05, 0) is 63.7 Å². The maximum Gasteiger partial charge on any atom is 0.348 e. The largest absolute Gasteiger partial charge is 0.457 e. The highest BCUT2D eigenvalue weighted by Gasteiger charge is 2.28.